The highest BCUT2D eigenvalue weighted by atomic mass is 35.5. The number of hydrogen-bond acceptors (Lipinski definition) is 5. The molecule has 1 N–H and O–H groups in total. The smallest absolute Gasteiger partial charge is 0.358 e. The van der Waals surface area contributed by atoms with Crippen LogP contribution in [-0.4, -0.2) is 31.3 Å². The maximum atomic E-state index is 12.5. The monoisotopic (exact) mass is 377 g/mol. The first-order valence-corrected chi connectivity index (χ1v) is 8.51. The van der Waals surface area contributed by atoms with Gasteiger partial charge in [0.1, 0.15) is 5.69 Å². The quantitative estimate of drug-likeness (QED) is 0.826. The van der Waals surface area contributed by atoms with Crippen molar-refractivity contribution in [2.24, 2.45) is 7.05 Å². The Morgan fingerprint density at radius 2 is 1.96 bits per heavy atom. The number of nitrogens with one attached hydrogen (secondary N) is 1. The predicted octanol–water partition coefficient (Wildman–Crippen LogP) is 2.62. The molecule has 0 aliphatic carbocycles. The number of methoxy groups -OCH3 is 1. The lowest BCUT2D eigenvalue weighted by Crippen LogP contribution is -2.17. The van der Waals surface area contributed by atoms with Gasteiger partial charge in [0.05, 0.1) is 27.7 Å². The zero-order valence-electron chi connectivity index (χ0n) is 12.4. The van der Waals surface area contributed by atoms with E-state index in [1.165, 1.54) is 37.0 Å². The third-order valence-corrected chi connectivity index (χ3v) is 5.13. The predicted molar refractivity (Wildman–Crippen MR) is 86.6 cm³/mol. The molecule has 0 unspecified atom stereocenters. The van der Waals surface area contributed by atoms with Crippen molar-refractivity contribution >= 4 is 44.9 Å². The van der Waals surface area contributed by atoms with Crippen LogP contribution in [0.3, 0.4) is 0 Å². The largest absolute Gasteiger partial charge is 0.464 e. The van der Waals surface area contributed by atoms with Crippen LogP contribution < -0.4 is 4.72 Å². The number of halogens is 2. The number of hydrogen-bond donors (Lipinski definition) is 1. The minimum absolute atomic E-state index is 0.00589. The maximum Gasteiger partial charge on any atom is 0.358 e. The Bertz CT molecular complexity index is 878. The van der Waals surface area contributed by atoms with E-state index >= 15 is 0 Å². The van der Waals surface area contributed by atoms with E-state index in [0.29, 0.717) is 5.69 Å². The second kappa shape index (κ2) is 6.38. The van der Waals surface area contributed by atoms with Crippen molar-refractivity contribution in [3.05, 3.63) is 39.6 Å². The molecule has 7 nitrogen and oxygen atoms in total. The molecule has 0 aliphatic rings. The van der Waals surface area contributed by atoms with Crippen LogP contribution in [0.4, 0.5) is 5.69 Å². The topological polar surface area (TPSA) is 90.3 Å². The lowest BCUT2D eigenvalue weighted by molar-refractivity contribution is 0.0589. The number of benzene rings is 1. The molecule has 0 aliphatic heterocycles. The molecule has 124 valence electrons. The van der Waals surface area contributed by atoms with Gasteiger partial charge in [-0.3, -0.25) is 9.40 Å². The molecule has 0 spiro atoms. The Morgan fingerprint density at radius 1 is 1.30 bits per heavy atom. The first kappa shape index (κ1) is 17.6. The molecule has 2 aromatic rings. The van der Waals surface area contributed by atoms with Gasteiger partial charge in [0.15, 0.2) is 5.69 Å². The van der Waals surface area contributed by atoms with E-state index in [1.807, 2.05) is 0 Å². The van der Waals surface area contributed by atoms with E-state index in [0.717, 1.165) is 0 Å². The van der Waals surface area contributed by atoms with E-state index < -0.39 is 16.0 Å². The van der Waals surface area contributed by atoms with Crippen molar-refractivity contribution in [1.29, 1.82) is 0 Å². The number of aromatic nitrogens is 2. The number of esters is 1. The highest BCUT2D eigenvalue weighted by molar-refractivity contribution is 7.92. The van der Waals surface area contributed by atoms with Crippen LogP contribution in [0.15, 0.2) is 23.1 Å². The molecule has 0 radical (unpaired) electrons. The van der Waals surface area contributed by atoms with E-state index in [2.05, 4.69) is 14.6 Å². The molecule has 1 aromatic carbocycles. The fourth-order valence-electron chi connectivity index (χ4n) is 1.95. The summed E-state index contributed by atoms with van der Waals surface area (Å²) in [6, 6.07) is 3.89. The van der Waals surface area contributed by atoms with Crippen molar-refractivity contribution in [2.75, 3.05) is 11.8 Å². The van der Waals surface area contributed by atoms with E-state index in [4.69, 9.17) is 23.2 Å². The Labute approximate surface area is 143 Å². The van der Waals surface area contributed by atoms with Crippen LogP contribution in [0.5, 0.6) is 0 Å². The third-order valence-electron chi connectivity index (χ3n) is 3.04. The molecule has 0 atom stereocenters. The van der Waals surface area contributed by atoms with Crippen LogP contribution in [0, 0.1) is 6.92 Å². The molecule has 1 heterocycles. The van der Waals surface area contributed by atoms with Crippen molar-refractivity contribution < 1.29 is 17.9 Å². The Kier molecular flexibility index (Phi) is 4.88. The average Bonchev–Trinajstić information content (AvgIpc) is 2.74. The zero-order chi connectivity index (χ0) is 17.4. The number of nitrogens with zero attached hydrogens (tertiary/aromatic N) is 2. The minimum Gasteiger partial charge on any atom is -0.464 e. The summed E-state index contributed by atoms with van der Waals surface area (Å²) in [5.74, 6) is -0.708. The molecule has 0 amide bonds. The standard InChI is InChI=1S/C13H13Cl2N3O4S/c1-7-11(12(13(19)22-3)18(2)16-7)17-23(20,21)8-4-5-9(14)10(15)6-8/h4-6,17H,1-3H3. The molecule has 2 rings (SSSR count). The second-order valence-corrected chi connectivity index (χ2v) is 7.10. The molecular formula is C13H13Cl2N3O4S. The Morgan fingerprint density at radius 3 is 2.52 bits per heavy atom. The lowest BCUT2D eigenvalue weighted by atomic mass is 10.3. The highest BCUT2D eigenvalue weighted by Gasteiger charge is 2.25. The summed E-state index contributed by atoms with van der Waals surface area (Å²) in [5, 5.41) is 4.37. The molecule has 10 heteroatoms. The van der Waals surface area contributed by atoms with E-state index in [-0.39, 0.29) is 26.3 Å². The van der Waals surface area contributed by atoms with Crippen LogP contribution in [0.1, 0.15) is 16.2 Å². The third kappa shape index (κ3) is 3.44. The average molecular weight is 378 g/mol. The summed E-state index contributed by atoms with van der Waals surface area (Å²) >= 11 is 11.6. The van der Waals surface area contributed by atoms with Crippen molar-refractivity contribution in [3.8, 4) is 0 Å². The fourth-order valence-corrected chi connectivity index (χ4v) is 3.46. The Balaban J connectivity index is 2.49. The van der Waals surface area contributed by atoms with Gasteiger partial charge < -0.3 is 4.74 Å². The van der Waals surface area contributed by atoms with Crippen LogP contribution in [0.2, 0.25) is 10.0 Å². The van der Waals surface area contributed by atoms with E-state index in [1.54, 1.807) is 6.92 Å². The number of sulfonamides is 1. The molecule has 0 fully saturated rings. The van der Waals surface area contributed by atoms with Gasteiger partial charge in [-0.05, 0) is 25.1 Å². The van der Waals surface area contributed by atoms with Gasteiger partial charge >= 0.3 is 5.97 Å². The maximum absolute atomic E-state index is 12.5. The van der Waals surface area contributed by atoms with Gasteiger partial charge in [-0.1, -0.05) is 23.2 Å². The van der Waals surface area contributed by atoms with Crippen LogP contribution in [0.25, 0.3) is 0 Å². The lowest BCUT2D eigenvalue weighted by Gasteiger charge is -2.10. The fraction of sp³-hybridized carbons (Fsp3) is 0.231. The van der Waals surface area contributed by atoms with Gasteiger partial charge in [-0.2, -0.15) is 5.10 Å². The minimum atomic E-state index is -3.98. The van der Waals surface area contributed by atoms with Crippen molar-refractivity contribution in [2.45, 2.75) is 11.8 Å². The summed E-state index contributed by atoms with van der Waals surface area (Å²) in [7, 11) is -1.27. The number of carbonyl (C=O) groups excluding carboxylic acids is 1. The molecule has 0 bridgehead atoms. The summed E-state index contributed by atoms with van der Waals surface area (Å²) in [5.41, 5.74) is 0.371. The first-order valence-electron chi connectivity index (χ1n) is 6.27. The summed E-state index contributed by atoms with van der Waals surface area (Å²) in [6.45, 7) is 1.57. The number of ether oxygens (including phenoxy) is 1. The molecule has 1 aromatic heterocycles. The number of carbonyl (C=O) groups is 1. The Hall–Kier alpha value is -1.77. The molecular weight excluding hydrogens is 365 g/mol. The first-order chi connectivity index (χ1) is 10.7. The van der Waals surface area contributed by atoms with Gasteiger partial charge in [-0.15, -0.1) is 0 Å². The molecule has 23 heavy (non-hydrogen) atoms. The summed E-state index contributed by atoms with van der Waals surface area (Å²) in [4.78, 5) is 11.7. The van der Waals surface area contributed by atoms with Gasteiger partial charge in [0.2, 0.25) is 0 Å². The summed E-state index contributed by atoms with van der Waals surface area (Å²) in [6.07, 6.45) is 0. The number of aryl methyl sites for hydroxylation is 2. The number of anilines is 1. The van der Waals surface area contributed by atoms with Crippen molar-refractivity contribution in [3.63, 3.8) is 0 Å². The summed E-state index contributed by atoms with van der Waals surface area (Å²) < 4.78 is 33.2. The number of rotatable bonds is 4. The SMILES string of the molecule is COC(=O)c1c(NS(=O)(=O)c2ccc(Cl)c(Cl)c2)c(C)nn1C. The van der Waals surface area contributed by atoms with Gasteiger partial charge in [-0.25, -0.2) is 13.2 Å². The highest BCUT2D eigenvalue weighted by Crippen LogP contribution is 2.28. The van der Waals surface area contributed by atoms with Crippen LogP contribution >= 0.6 is 23.2 Å². The van der Waals surface area contributed by atoms with E-state index in [9.17, 15) is 13.2 Å². The normalized spacial score (nSPS) is 11.3. The van der Waals surface area contributed by atoms with Gasteiger partial charge in [0.25, 0.3) is 10.0 Å². The molecule has 0 saturated heterocycles. The van der Waals surface area contributed by atoms with Gasteiger partial charge in [0, 0.05) is 7.05 Å². The van der Waals surface area contributed by atoms with Crippen molar-refractivity contribution in [1.82, 2.24) is 9.78 Å². The van der Waals surface area contributed by atoms with Crippen LogP contribution in [-0.2, 0) is 21.8 Å². The zero-order valence-corrected chi connectivity index (χ0v) is 14.8. The second-order valence-electron chi connectivity index (χ2n) is 4.61. The molecule has 0 saturated carbocycles.